The summed E-state index contributed by atoms with van der Waals surface area (Å²) in [5, 5.41) is 0. The molecule has 0 aliphatic carbocycles. The highest BCUT2D eigenvalue weighted by Gasteiger charge is 2.38. The van der Waals surface area contributed by atoms with Gasteiger partial charge in [0.25, 0.3) is 0 Å². The monoisotopic (exact) mass is 436 g/mol. The van der Waals surface area contributed by atoms with Gasteiger partial charge in [0.2, 0.25) is 0 Å². The Bertz CT molecular complexity index is 523. The first kappa shape index (κ1) is 29.3. The quantitative estimate of drug-likeness (QED) is 0.168. The number of rotatable bonds is 17. The average molecular weight is 437 g/mol. The zero-order valence-corrected chi connectivity index (χ0v) is 22.8. The smallest absolute Gasteiger partial charge is 0.192 e. The summed E-state index contributed by atoms with van der Waals surface area (Å²) in [6.45, 7) is 20.0. The Balaban J connectivity index is 5.61. The Morgan fingerprint density at radius 1 is 0.900 bits per heavy atom. The minimum atomic E-state index is -1.77. The zero-order valence-electron chi connectivity index (χ0n) is 21.8. The van der Waals surface area contributed by atoms with Crippen molar-refractivity contribution in [3.8, 4) is 0 Å². The van der Waals surface area contributed by atoms with E-state index in [0.29, 0.717) is 18.1 Å². The van der Waals surface area contributed by atoms with Crippen LogP contribution in [0.1, 0.15) is 107 Å². The fourth-order valence-electron chi connectivity index (χ4n) is 4.68. The van der Waals surface area contributed by atoms with Crippen LogP contribution < -0.4 is 0 Å². The lowest BCUT2D eigenvalue weighted by Gasteiger charge is -2.39. The molecule has 1 unspecified atom stereocenters. The first-order valence-corrected chi connectivity index (χ1v) is 15.4. The molecular formula is C27H52O2Si. The molecule has 0 fully saturated rings. The van der Waals surface area contributed by atoms with Gasteiger partial charge in [0.15, 0.2) is 8.32 Å². The van der Waals surface area contributed by atoms with Gasteiger partial charge >= 0.3 is 0 Å². The van der Waals surface area contributed by atoms with Crippen molar-refractivity contribution in [3.63, 3.8) is 0 Å². The van der Waals surface area contributed by atoms with E-state index >= 15 is 0 Å². The summed E-state index contributed by atoms with van der Waals surface area (Å²) in [6, 6.07) is 3.42. The molecule has 0 rings (SSSR count). The molecule has 176 valence electrons. The van der Waals surface area contributed by atoms with E-state index in [1.165, 1.54) is 5.57 Å². The van der Waals surface area contributed by atoms with Gasteiger partial charge in [-0.25, -0.2) is 0 Å². The van der Waals surface area contributed by atoms with E-state index in [9.17, 15) is 4.79 Å². The van der Waals surface area contributed by atoms with Crippen LogP contribution in [-0.2, 0) is 9.22 Å². The Hall–Kier alpha value is -0.673. The molecule has 0 amide bonds. The molecule has 0 aliphatic heterocycles. The highest BCUT2D eigenvalue weighted by molar-refractivity contribution is 6.73. The van der Waals surface area contributed by atoms with Gasteiger partial charge < -0.3 is 4.43 Å². The third kappa shape index (κ3) is 9.22. The summed E-state index contributed by atoms with van der Waals surface area (Å²) in [7, 11) is -1.77. The number of allylic oxidation sites excluding steroid dienone is 4. The third-order valence-electron chi connectivity index (χ3n) is 7.28. The zero-order chi connectivity index (χ0) is 23.2. The average Bonchev–Trinajstić information content (AvgIpc) is 2.78. The van der Waals surface area contributed by atoms with Crippen LogP contribution in [0.25, 0.3) is 0 Å². The molecule has 3 atom stereocenters. The molecule has 0 radical (unpaired) electrons. The van der Waals surface area contributed by atoms with Gasteiger partial charge in [0.1, 0.15) is 5.78 Å². The van der Waals surface area contributed by atoms with Crippen LogP contribution in [-0.4, -0.2) is 20.2 Å². The highest BCUT2D eigenvalue weighted by Crippen LogP contribution is 2.34. The number of hydrogen-bond donors (Lipinski definition) is 0. The molecule has 0 bridgehead atoms. The minimum absolute atomic E-state index is 0.0364. The minimum Gasteiger partial charge on any atom is -0.413 e. The normalized spacial score (nSPS) is 16.4. The lowest BCUT2D eigenvalue weighted by molar-refractivity contribution is -0.127. The van der Waals surface area contributed by atoms with Gasteiger partial charge in [0.05, 0.1) is 6.10 Å². The lowest BCUT2D eigenvalue weighted by Crippen LogP contribution is -2.46. The van der Waals surface area contributed by atoms with Gasteiger partial charge in [-0.1, -0.05) is 78.7 Å². The predicted molar refractivity (Wildman–Crippen MR) is 137 cm³/mol. The molecule has 0 aromatic carbocycles. The second-order valence-corrected chi connectivity index (χ2v) is 13.6. The summed E-state index contributed by atoms with van der Waals surface area (Å²) >= 11 is 0. The first-order chi connectivity index (χ1) is 14.3. The van der Waals surface area contributed by atoms with Crippen LogP contribution in [0, 0.1) is 11.8 Å². The van der Waals surface area contributed by atoms with Gasteiger partial charge in [-0.15, -0.1) is 0 Å². The van der Waals surface area contributed by atoms with Crippen molar-refractivity contribution in [3.05, 3.63) is 23.3 Å². The molecule has 0 saturated heterocycles. The summed E-state index contributed by atoms with van der Waals surface area (Å²) in [5.74, 6) is 0.790. The second-order valence-electron chi connectivity index (χ2n) is 8.90. The molecule has 0 aliphatic rings. The number of ketones is 1. The number of hydrogen-bond acceptors (Lipinski definition) is 2. The van der Waals surface area contributed by atoms with Gasteiger partial charge in [0, 0.05) is 12.3 Å². The van der Waals surface area contributed by atoms with E-state index in [0.717, 1.165) is 56.7 Å². The predicted octanol–water partition coefficient (Wildman–Crippen LogP) is 8.88. The standard InChI is InChI=1S/C27H52O2Si/c1-10-23(11-2)19-18-20-24(12-3)21-22(9)27(25(13-4)26(28)14-5)29-30(15-6,16-7)17-8/h10,20,22,25,27H,11-19,21H2,1-9H3/b23-10+,24-20+/t22-,25-,27?/m0/s1. The van der Waals surface area contributed by atoms with Gasteiger partial charge in [-0.3, -0.25) is 4.79 Å². The Kier molecular flexibility index (Phi) is 15.7. The maximum atomic E-state index is 12.8. The fraction of sp³-hybridized carbons (Fsp3) is 0.815. The fourth-order valence-corrected chi connectivity index (χ4v) is 7.65. The highest BCUT2D eigenvalue weighted by atomic mass is 28.4. The van der Waals surface area contributed by atoms with Crippen molar-refractivity contribution in [2.24, 2.45) is 11.8 Å². The molecule has 0 spiro atoms. The summed E-state index contributed by atoms with van der Waals surface area (Å²) in [5.41, 5.74) is 3.07. The molecule has 3 heteroatoms. The van der Waals surface area contributed by atoms with Crippen LogP contribution >= 0.6 is 0 Å². The molecule has 0 aromatic heterocycles. The lowest BCUT2D eigenvalue weighted by atomic mass is 9.82. The topological polar surface area (TPSA) is 26.3 Å². The van der Waals surface area contributed by atoms with Gasteiger partial charge in [-0.2, -0.15) is 0 Å². The van der Waals surface area contributed by atoms with E-state index < -0.39 is 8.32 Å². The van der Waals surface area contributed by atoms with E-state index in [1.807, 2.05) is 6.92 Å². The van der Waals surface area contributed by atoms with Crippen LogP contribution in [0.2, 0.25) is 18.1 Å². The SMILES string of the molecule is C/C=C(\CC)CC/C=C(\CC)C[C@H](C)C(O[Si](CC)(CC)CC)[C@@H](CC)C(=O)CC. The molecule has 30 heavy (non-hydrogen) atoms. The van der Waals surface area contributed by atoms with Crippen LogP contribution in [0.5, 0.6) is 0 Å². The van der Waals surface area contributed by atoms with Crippen molar-refractivity contribution >= 4 is 14.1 Å². The van der Waals surface area contributed by atoms with Crippen molar-refractivity contribution in [1.29, 1.82) is 0 Å². The summed E-state index contributed by atoms with van der Waals surface area (Å²) in [6.07, 6.45) is 11.8. The maximum Gasteiger partial charge on any atom is 0.192 e. The van der Waals surface area contributed by atoms with Crippen LogP contribution in [0.15, 0.2) is 23.3 Å². The molecule has 0 heterocycles. The molecule has 0 N–H and O–H groups in total. The third-order valence-corrected chi connectivity index (χ3v) is 11.9. The first-order valence-electron chi connectivity index (χ1n) is 12.8. The van der Waals surface area contributed by atoms with Crippen molar-refractivity contribution < 1.29 is 9.22 Å². The summed E-state index contributed by atoms with van der Waals surface area (Å²) in [4.78, 5) is 12.8. The maximum absolute atomic E-state index is 12.8. The number of carbonyl (C=O) groups is 1. The summed E-state index contributed by atoms with van der Waals surface area (Å²) < 4.78 is 7.03. The molecule has 0 saturated carbocycles. The van der Waals surface area contributed by atoms with Gasteiger partial charge in [-0.05, 0) is 69.5 Å². The number of Topliss-reactive ketones (excluding diaryl/α,β-unsaturated/α-hetero) is 1. The van der Waals surface area contributed by atoms with Crippen molar-refractivity contribution in [2.45, 2.75) is 131 Å². The van der Waals surface area contributed by atoms with Crippen LogP contribution in [0.3, 0.4) is 0 Å². The Morgan fingerprint density at radius 3 is 1.87 bits per heavy atom. The second kappa shape index (κ2) is 16.0. The molecule has 0 aromatic rings. The molecular weight excluding hydrogens is 384 g/mol. The Morgan fingerprint density at radius 2 is 1.47 bits per heavy atom. The van der Waals surface area contributed by atoms with E-state index in [1.54, 1.807) is 5.57 Å². The van der Waals surface area contributed by atoms with Crippen LogP contribution in [0.4, 0.5) is 0 Å². The van der Waals surface area contributed by atoms with E-state index in [4.69, 9.17) is 4.43 Å². The Labute approximate surface area is 190 Å². The van der Waals surface area contributed by atoms with E-state index in [-0.39, 0.29) is 12.0 Å². The van der Waals surface area contributed by atoms with Crippen molar-refractivity contribution in [2.75, 3.05) is 0 Å². The number of carbonyl (C=O) groups excluding carboxylic acids is 1. The van der Waals surface area contributed by atoms with E-state index in [2.05, 4.69) is 67.5 Å². The van der Waals surface area contributed by atoms with Crippen molar-refractivity contribution in [1.82, 2.24) is 0 Å². The molecule has 2 nitrogen and oxygen atoms in total. The largest absolute Gasteiger partial charge is 0.413 e.